The molecule has 0 radical (unpaired) electrons. The molecule has 28 heavy (non-hydrogen) atoms. The molecule has 2 aliphatic rings. The molecule has 0 bridgehead atoms. The summed E-state index contributed by atoms with van der Waals surface area (Å²) in [4.78, 5) is 11.9. The molecule has 2 fully saturated rings. The van der Waals surface area contributed by atoms with Gasteiger partial charge in [-0.05, 0) is 68.9 Å². The summed E-state index contributed by atoms with van der Waals surface area (Å²) in [6, 6.07) is 9.27. The molecule has 3 heterocycles. The van der Waals surface area contributed by atoms with Crippen molar-refractivity contribution < 1.29 is 0 Å². The summed E-state index contributed by atoms with van der Waals surface area (Å²) >= 11 is 0. The SMILES string of the molecule is Cc1cn(C2CCCC2)c2nc(Nc3ccc(N4CCCCC4)cc3)ncc12. The number of nitrogens with zero attached hydrogens (tertiary/aromatic N) is 4. The molecule has 1 aliphatic carbocycles. The van der Waals surface area contributed by atoms with Gasteiger partial charge < -0.3 is 14.8 Å². The number of aromatic nitrogens is 3. The van der Waals surface area contributed by atoms with Crippen LogP contribution in [0.2, 0.25) is 0 Å². The molecule has 0 spiro atoms. The minimum absolute atomic E-state index is 0.586. The Labute approximate surface area is 166 Å². The largest absolute Gasteiger partial charge is 0.372 e. The summed E-state index contributed by atoms with van der Waals surface area (Å²) in [6.45, 7) is 4.50. The fraction of sp³-hybridized carbons (Fsp3) is 0.478. The number of hydrogen-bond acceptors (Lipinski definition) is 4. The second kappa shape index (κ2) is 7.46. The zero-order chi connectivity index (χ0) is 18.9. The highest BCUT2D eigenvalue weighted by atomic mass is 15.2. The van der Waals surface area contributed by atoms with E-state index in [0.717, 1.165) is 16.7 Å². The van der Waals surface area contributed by atoms with Gasteiger partial charge in [-0.2, -0.15) is 4.98 Å². The van der Waals surface area contributed by atoms with Crippen molar-refractivity contribution in [2.75, 3.05) is 23.3 Å². The Morgan fingerprint density at radius 2 is 1.71 bits per heavy atom. The predicted molar refractivity (Wildman–Crippen MR) is 116 cm³/mol. The van der Waals surface area contributed by atoms with Crippen LogP contribution in [0.4, 0.5) is 17.3 Å². The molecule has 146 valence electrons. The minimum atomic E-state index is 0.586. The third-order valence-corrected chi connectivity index (χ3v) is 6.33. The first-order valence-corrected chi connectivity index (χ1v) is 10.7. The van der Waals surface area contributed by atoms with Crippen molar-refractivity contribution in [3.05, 3.63) is 42.2 Å². The first-order chi connectivity index (χ1) is 13.8. The summed E-state index contributed by atoms with van der Waals surface area (Å²) in [5, 5.41) is 4.56. The number of fused-ring (bicyclic) bond motifs is 1. The monoisotopic (exact) mass is 375 g/mol. The van der Waals surface area contributed by atoms with Gasteiger partial charge in [0, 0.05) is 48.3 Å². The van der Waals surface area contributed by atoms with Crippen molar-refractivity contribution in [3.63, 3.8) is 0 Å². The zero-order valence-electron chi connectivity index (χ0n) is 16.7. The molecule has 2 aromatic heterocycles. The standard InChI is InChI=1S/C23H29N5/c1-17-16-28(20-7-3-4-8-20)22-21(17)15-24-23(26-22)25-18-9-11-19(12-10-18)27-13-5-2-6-14-27/h9-12,15-16,20H,2-8,13-14H2,1H3,(H,24,25,26). The number of benzene rings is 1. The van der Waals surface area contributed by atoms with Gasteiger partial charge in [-0.1, -0.05) is 12.8 Å². The molecule has 1 saturated carbocycles. The lowest BCUT2D eigenvalue weighted by atomic mass is 10.1. The number of rotatable bonds is 4. The van der Waals surface area contributed by atoms with Gasteiger partial charge in [-0.25, -0.2) is 4.98 Å². The van der Waals surface area contributed by atoms with Crippen LogP contribution >= 0.6 is 0 Å². The van der Waals surface area contributed by atoms with Gasteiger partial charge in [0.2, 0.25) is 5.95 Å². The second-order valence-electron chi connectivity index (χ2n) is 8.31. The van der Waals surface area contributed by atoms with Gasteiger partial charge in [0.1, 0.15) is 5.65 Å². The van der Waals surface area contributed by atoms with E-state index in [1.807, 2.05) is 6.20 Å². The van der Waals surface area contributed by atoms with E-state index >= 15 is 0 Å². The number of anilines is 3. The molecule has 5 rings (SSSR count). The topological polar surface area (TPSA) is 46.0 Å². The van der Waals surface area contributed by atoms with Crippen LogP contribution in [0, 0.1) is 6.92 Å². The quantitative estimate of drug-likeness (QED) is 0.646. The summed E-state index contributed by atoms with van der Waals surface area (Å²) in [5.74, 6) is 0.676. The van der Waals surface area contributed by atoms with E-state index in [1.165, 1.54) is 69.3 Å². The Morgan fingerprint density at radius 1 is 0.964 bits per heavy atom. The van der Waals surface area contributed by atoms with Gasteiger partial charge in [0.15, 0.2) is 0 Å². The van der Waals surface area contributed by atoms with E-state index in [-0.39, 0.29) is 0 Å². The molecule has 1 aromatic carbocycles. The number of piperidine rings is 1. The van der Waals surface area contributed by atoms with E-state index < -0.39 is 0 Å². The molecule has 0 amide bonds. The van der Waals surface area contributed by atoms with Gasteiger partial charge >= 0.3 is 0 Å². The predicted octanol–water partition coefficient (Wildman–Crippen LogP) is 5.59. The zero-order valence-corrected chi connectivity index (χ0v) is 16.7. The van der Waals surface area contributed by atoms with Crippen LogP contribution in [0.3, 0.4) is 0 Å². The summed E-state index contributed by atoms with van der Waals surface area (Å²) < 4.78 is 2.38. The van der Waals surface area contributed by atoms with Gasteiger partial charge in [-0.3, -0.25) is 0 Å². The highest BCUT2D eigenvalue weighted by molar-refractivity contribution is 5.81. The second-order valence-corrected chi connectivity index (χ2v) is 8.31. The molecule has 1 N–H and O–H groups in total. The maximum Gasteiger partial charge on any atom is 0.229 e. The molecule has 3 aromatic rings. The van der Waals surface area contributed by atoms with E-state index in [2.05, 4.69) is 57.2 Å². The van der Waals surface area contributed by atoms with Crippen LogP contribution in [0.15, 0.2) is 36.7 Å². The Morgan fingerprint density at radius 3 is 2.46 bits per heavy atom. The lowest BCUT2D eigenvalue weighted by molar-refractivity contribution is 0.532. The van der Waals surface area contributed by atoms with Crippen molar-refractivity contribution in [1.82, 2.24) is 14.5 Å². The Balaban J connectivity index is 1.38. The number of hydrogen-bond donors (Lipinski definition) is 1. The maximum atomic E-state index is 4.88. The Hall–Kier alpha value is -2.56. The van der Waals surface area contributed by atoms with Crippen LogP contribution in [0.1, 0.15) is 56.6 Å². The third kappa shape index (κ3) is 3.34. The number of nitrogens with one attached hydrogen (secondary N) is 1. The van der Waals surface area contributed by atoms with Gasteiger partial charge in [0.25, 0.3) is 0 Å². The molecule has 5 nitrogen and oxygen atoms in total. The highest BCUT2D eigenvalue weighted by Gasteiger charge is 2.20. The molecule has 1 aliphatic heterocycles. The normalized spacial score (nSPS) is 18.1. The minimum Gasteiger partial charge on any atom is -0.372 e. The van der Waals surface area contributed by atoms with Crippen molar-refractivity contribution >= 4 is 28.4 Å². The molecular formula is C23H29N5. The molecule has 0 unspecified atom stereocenters. The van der Waals surface area contributed by atoms with Crippen LogP contribution in [0.5, 0.6) is 0 Å². The fourth-order valence-electron chi connectivity index (χ4n) is 4.74. The lowest BCUT2D eigenvalue weighted by Gasteiger charge is -2.28. The average Bonchev–Trinajstić information content (AvgIpc) is 3.37. The maximum absolute atomic E-state index is 4.88. The third-order valence-electron chi connectivity index (χ3n) is 6.33. The van der Waals surface area contributed by atoms with E-state index in [4.69, 9.17) is 4.98 Å². The van der Waals surface area contributed by atoms with Crippen molar-refractivity contribution in [2.24, 2.45) is 0 Å². The smallest absolute Gasteiger partial charge is 0.229 e. The Kier molecular flexibility index (Phi) is 4.67. The van der Waals surface area contributed by atoms with Crippen LogP contribution in [0.25, 0.3) is 11.0 Å². The first-order valence-electron chi connectivity index (χ1n) is 10.7. The van der Waals surface area contributed by atoms with Gasteiger partial charge in [-0.15, -0.1) is 0 Å². The first kappa shape index (κ1) is 17.5. The van der Waals surface area contributed by atoms with Crippen LogP contribution in [-0.2, 0) is 0 Å². The summed E-state index contributed by atoms with van der Waals surface area (Å²) in [7, 11) is 0. The summed E-state index contributed by atoms with van der Waals surface area (Å²) in [6.07, 6.45) is 13.3. The van der Waals surface area contributed by atoms with E-state index in [0.29, 0.717) is 12.0 Å². The van der Waals surface area contributed by atoms with Crippen molar-refractivity contribution in [3.8, 4) is 0 Å². The summed E-state index contributed by atoms with van der Waals surface area (Å²) in [5.41, 5.74) is 4.68. The Bertz CT molecular complexity index is 947. The fourth-order valence-corrected chi connectivity index (χ4v) is 4.74. The van der Waals surface area contributed by atoms with Crippen molar-refractivity contribution in [2.45, 2.75) is 57.9 Å². The average molecular weight is 376 g/mol. The van der Waals surface area contributed by atoms with Crippen LogP contribution in [-0.4, -0.2) is 27.6 Å². The van der Waals surface area contributed by atoms with E-state index in [9.17, 15) is 0 Å². The number of aryl methyl sites for hydroxylation is 1. The lowest BCUT2D eigenvalue weighted by Crippen LogP contribution is -2.29. The molecule has 1 saturated heterocycles. The van der Waals surface area contributed by atoms with E-state index in [1.54, 1.807) is 0 Å². The molecule has 5 heteroatoms. The molecular weight excluding hydrogens is 346 g/mol. The van der Waals surface area contributed by atoms with Crippen LogP contribution < -0.4 is 10.2 Å². The van der Waals surface area contributed by atoms with Gasteiger partial charge in [0.05, 0.1) is 0 Å². The van der Waals surface area contributed by atoms with Crippen molar-refractivity contribution in [1.29, 1.82) is 0 Å². The highest BCUT2D eigenvalue weighted by Crippen LogP contribution is 2.34. The molecule has 0 atom stereocenters.